The summed E-state index contributed by atoms with van der Waals surface area (Å²) in [5.41, 5.74) is 0. The highest BCUT2D eigenvalue weighted by atomic mass is 79.9. The molecule has 1 aliphatic rings. The van der Waals surface area contributed by atoms with E-state index in [-0.39, 0.29) is 6.61 Å². The Morgan fingerprint density at radius 1 is 1.47 bits per heavy atom. The van der Waals surface area contributed by atoms with Crippen molar-refractivity contribution in [2.75, 3.05) is 24.6 Å². The molecule has 82 valence electrons. The Morgan fingerprint density at radius 2 is 2.20 bits per heavy atom. The van der Waals surface area contributed by atoms with Gasteiger partial charge in [0.1, 0.15) is 0 Å². The Morgan fingerprint density at radius 3 is 2.87 bits per heavy atom. The Labute approximate surface area is 97.5 Å². The molecule has 0 amide bonds. The number of nitrogens with zero attached hydrogens (tertiary/aromatic N) is 3. The third-order valence-electron chi connectivity index (χ3n) is 2.67. The maximum atomic E-state index is 9.12. The highest BCUT2D eigenvalue weighted by Gasteiger charge is 2.20. The summed E-state index contributed by atoms with van der Waals surface area (Å²) in [5.74, 6) is 1.13. The lowest BCUT2D eigenvalue weighted by atomic mass is 9.99. The molecule has 1 aromatic heterocycles. The largest absolute Gasteiger partial charge is 0.396 e. The molecule has 5 heteroatoms. The second-order valence-electron chi connectivity index (χ2n) is 3.84. The van der Waals surface area contributed by atoms with E-state index in [0.717, 1.165) is 36.4 Å². The van der Waals surface area contributed by atoms with Gasteiger partial charge in [0.2, 0.25) is 5.95 Å². The van der Waals surface area contributed by atoms with Crippen LogP contribution in [0.5, 0.6) is 0 Å². The molecule has 0 radical (unpaired) electrons. The first-order valence-electron chi connectivity index (χ1n) is 5.13. The molecule has 1 atom stereocenters. The Kier molecular flexibility index (Phi) is 3.53. The van der Waals surface area contributed by atoms with Crippen LogP contribution in [0.25, 0.3) is 0 Å². The van der Waals surface area contributed by atoms with Crippen LogP contribution in [-0.4, -0.2) is 34.8 Å². The van der Waals surface area contributed by atoms with Gasteiger partial charge in [-0.05, 0) is 34.7 Å². The fourth-order valence-corrected chi connectivity index (χ4v) is 2.07. The molecule has 1 aliphatic heterocycles. The van der Waals surface area contributed by atoms with Gasteiger partial charge in [0.15, 0.2) is 0 Å². The molecule has 2 rings (SSSR count). The fraction of sp³-hybridized carbons (Fsp3) is 0.600. The van der Waals surface area contributed by atoms with Crippen LogP contribution in [0, 0.1) is 5.92 Å². The molecule has 0 aliphatic carbocycles. The number of halogens is 1. The number of rotatable bonds is 2. The van der Waals surface area contributed by atoms with Gasteiger partial charge in [-0.1, -0.05) is 0 Å². The maximum Gasteiger partial charge on any atom is 0.225 e. The highest BCUT2D eigenvalue weighted by Crippen LogP contribution is 2.20. The van der Waals surface area contributed by atoms with Crippen LogP contribution in [0.1, 0.15) is 12.8 Å². The minimum Gasteiger partial charge on any atom is -0.396 e. The third-order valence-corrected chi connectivity index (χ3v) is 3.08. The lowest BCUT2D eigenvalue weighted by Crippen LogP contribution is -2.37. The summed E-state index contributed by atoms with van der Waals surface area (Å²) in [6.07, 6.45) is 5.71. The number of aromatic nitrogens is 2. The van der Waals surface area contributed by atoms with Gasteiger partial charge in [-0.15, -0.1) is 0 Å². The molecule has 1 aromatic rings. The minimum atomic E-state index is 0.257. The number of aliphatic hydroxyl groups is 1. The number of piperidine rings is 1. The quantitative estimate of drug-likeness (QED) is 0.885. The van der Waals surface area contributed by atoms with E-state index in [9.17, 15) is 0 Å². The molecule has 0 spiro atoms. The average molecular weight is 272 g/mol. The van der Waals surface area contributed by atoms with Crippen LogP contribution in [0.3, 0.4) is 0 Å². The summed E-state index contributed by atoms with van der Waals surface area (Å²) < 4.78 is 0.891. The lowest BCUT2D eigenvalue weighted by molar-refractivity contribution is 0.208. The van der Waals surface area contributed by atoms with E-state index in [4.69, 9.17) is 5.11 Å². The normalized spacial score (nSPS) is 21.7. The summed E-state index contributed by atoms with van der Waals surface area (Å²) in [4.78, 5) is 10.6. The van der Waals surface area contributed by atoms with Gasteiger partial charge in [-0.3, -0.25) is 0 Å². The average Bonchev–Trinajstić information content (AvgIpc) is 2.30. The van der Waals surface area contributed by atoms with E-state index in [1.165, 1.54) is 0 Å². The zero-order valence-electron chi connectivity index (χ0n) is 8.43. The van der Waals surface area contributed by atoms with Gasteiger partial charge < -0.3 is 10.0 Å². The molecule has 1 N–H and O–H groups in total. The van der Waals surface area contributed by atoms with Crippen molar-refractivity contribution >= 4 is 21.9 Å². The summed E-state index contributed by atoms with van der Waals surface area (Å²) in [6, 6.07) is 0. The molecule has 15 heavy (non-hydrogen) atoms. The predicted molar refractivity (Wildman–Crippen MR) is 61.8 cm³/mol. The van der Waals surface area contributed by atoms with E-state index in [0.29, 0.717) is 5.92 Å². The zero-order chi connectivity index (χ0) is 10.7. The predicted octanol–water partition coefficient (Wildman–Crippen LogP) is 1.45. The smallest absolute Gasteiger partial charge is 0.225 e. The third kappa shape index (κ3) is 2.66. The molecular weight excluding hydrogens is 258 g/mol. The van der Waals surface area contributed by atoms with Crippen molar-refractivity contribution in [2.24, 2.45) is 5.92 Å². The summed E-state index contributed by atoms with van der Waals surface area (Å²) in [6.45, 7) is 2.10. The Bertz CT molecular complexity index is 317. The van der Waals surface area contributed by atoms with Gasteiger partial charge in [-0.2, -0.15) is 0 Å². The molecule has 4 nitrogen and oxygen atoms in total. The van der Waals surface area contributed by atoms with E-state index >= 15 is 0 Å². The van der Waals surface area contributed by atoms with Gasteiger partial charge in [0.05, 0.1) is 4.47 Å². The molecule has 0 aromatic carbocycles. The number of aliphatic hydroxyl groups excluding tert-OH is 1. The van der Waals surface area contributed by atoms with Crippen LogP contribution in [0.4, 0.5) is 5.95 Å². The minimum absolute atomic E-state index is 0.257. The van der Waals surface area contributed by atoms with Crippen molar-refractivity contribution in [2.45, 2.75) is 12.8 Å². The lowest BCUT2D eigenvalue weighted by Gasteiger charge is -2.31. The molecule has 2 heterocycles. The van der Waals surface area contributed by atoms with E-state index < -0.39 is 0 Å². The van der Waals surface area contributed by atoms with E-state index in [1.807, 2.05) is 0 Å². The summed E-state index contributed by atoms with van der Waals surface area (Å²) in [5, 5.41) is 9.12. The topological polar surface area (TPSA) is 49.2 Å². The van der Waals surface area contributed by atoms with Crippen molar-refractivity contribution in [1.82, 2.24) is 9.97 Å². The standard InChI is InChI=1S/C10H14BrN3O/c11-9-4-12-10(13-5-9)14-3-1-2-8(6-14)7-15/h4-5,8,15H,1-3,6-7H2. The van der Waals surface area contributed by atoms with Gasteiger partial charge in [0.25, 0.3) is 0 Å². The molecule has 1 unspecified atom stereocenters. The molecule has 1 saturated heterocycles. The maximum absolute atomic E-state index is 9.12. The first kappa shape index (κ1) is 10.8. The number of anilines is 1. The SMILES string of the molecule is OCC1CCCN(c2ncc(Br)cn2)C1. The van der Waals surface area contributed by atoms with Crippen LogP contribution < -0.4 is 4.90 Å². The number of hydrogen-bond donors (Lipinski definition) is 1. The van der Waals surface area contributed by atoms with Crippen molar-refractivity contribution < 1.29 is 5.11 Å². The summed E-state index contributed by atoms with van der Waals surface area (Å²) >= 11 is 3.31. The molecule has 0 saturated carbocycles. The van der Waals surface area contributed by atoms with Gasteiger partial charge in [0, 0.05) is 32.1 Å². The summed E-state index contributed by atoms with van der Waals surface area (Å²) in [7, 11) is 0. The molecular formula is C10H14BrN3O. The van der Waals surface area contributed by atoms with E-state index in [2.05, 4.69) is 30.8 Å². The van der Waals surface area contributed by atoms with Gasteiger partial charge >= 0.3 is 0 Å². The Balaban J connectivity index is 2.06. The monoisotopic (exact) mass is 271 g/mol. The van der Waals surface area contributed by atoms with Gasteiger partial charge in [-0.25, -0.2) is 9.97 Å². The van der Waals surface area contributed by atoms with E-state index in [1.54, 1.807) is 12.4 Å². The van der Waals surface area contributed by atoms with Crippen molar-refractivity contribution in [3.05, 3.63) is 16.9 Å². The fourth-order valence-electron chi connectivity index (χ4n) is 1.86. The first-order chi connectivity index (χ1) is 7.29. The van der Waals surface area contributed by atoms with Crippen LogP contribution in [0.2, 0.25) is 0 Å². The van der Waals surface area contributed by atoms with Crippen LogP contribution in [0.15, 0.2) is 16.9 Å². The highest BCUT2D eigenvalue weighted by molar-refractivity contribution is 9.10. The molecule has 0 bridgehead atoms. The zero-order valence-corrected chi connectivity index (χ0v) is 10.0. The van der Waals surface area contributed by atoms with Crippen molar-refractivity contribution in [3.63, 3.8) is 0 Å². The first-order valence-corrected chi connectivity index (χ1v) is 5.92. The second-order valence-corrected chi connectivity index (χ2v) is 4.75. The number of hydrogen-bond acceptors (Lipinski definition) is 4. The van der Waals surface area contributed by atoms with Crippen LogP contribution >= 0.6 is 15.9 Å². The van der Waals surface area contributed by atoms with Crippen molar-refractivity contribution in [1.29, 1.82) is 0 Å². The van der Waals surface area contributed by atoms with Crippen molar-refractivity contribution in [3.8, 4) is 0 Å². The second kappa shape index (κ2) is 4.90. The molecule has 1 fully saturated rings. The Hall–Kier alpha value is -0.680. The van der Waals surface area contributed by atoms with Crippen LogP contribution in [-0.2, 0) is 0 Å².